The molecule has 2 heterocycles. The first-order valence-corrected chi connectivity index (χ1v) is 9.12. The highest BCUT2D eigenvalue weighted by Gasteiger charge is 2.22. The summed E-state index contributed by atoms with van der Waals surface area (Å²) in [4.78, 5) is 37.6. The van der Waals surface area contributed by atoms with Crippen LogP contribution in [0.1, 0.15) is 30.6 Å². The van der Waals surface area contributed by atoms with Crippen LogP contribution >= 0.6 is 0 Å². The first-order valence-electron chi connectivity index (χ1n) is 9.12. The minimum Gasteiger partial charge on any atom is -0.454 e. The lowest BCUT2D eigenvalue weighted by Crippen LogP contribution is -2.46. The summed E-state index contributed by atoms with van der Waals surface area (Å²) in [6.07, 6.45) is 1.91. The van der Waals surface area contributed by atoms with Gasteiger partial charge in [-0.25, -0.2) is 0 Å². The van der Waals surface area contributed by atoms with Crippen molar-refractivity contribution in [3.05, 3.63) is 34.1 Å². The highest BCUT2D eigenvalue weighted by atomic mass is 16.7. The Balaban J connectivity index is 1.89. The summed E-state index contributed by atoms with van der Waals surface area (Å²) in [5, 5.41) is 14.3. The molecule has 0 fully saturated rings. The molecule has 3 rings (SSSR count). The largest absolute Gasteiger partial charge is 0.454 e. The lowest BCUT2D eigenvalue weighted by atomic mass is 10.1. The van der Waals surface area contributed by atoms with Crippen LogP contribution in [0.4, 0.5) is 0 Å². The Morgan fingerprint density at radius 3 is 2.68 bits per heavy atom. The second-order valence-corrected chi connectivity index (χ2v) is 6.44. The number of aromatic nitrogens is 1. The van der Waals surface area contributed by atoms with Gasteiger partial charge in [0.05, 0.1) is 10.9 Å². The van der Waals surface area contributed by atoms with Crippen molar-refractivity contribution in [2.24, 2.45) is 0 Å². The van der Waals surface area contributed by atoms with Gasteiger partial charge in [-0.3, -0.25) is 14.4 Å². The Morgan fingerprint density at radius 2 is 2.00 bits per heavy atom. The summed E-state index contributed by atoms with van der Waals surface area (Å²) in [6, 6.07) is 2.48. The Labute approximate surface area is 161 Å². The number of ether oxygens (including phenoxy) is 2. The zero-order valence-corrected chi connectivity index (χ0v) is 15.8. The van der Waals surface area contributed by atoms with Gasteiger partial charge in [-0.05, 0) is 26.3 Å². The average molecular weight is 389 g/mol. The Bertz CT molecular complexity index is 968. The van der Waals surface area contributed by atoms with E-state index < -0.39 is 17.4 Å². The van der Waals surface area contributed by atoms with Crippen molar-refractivity contribution in [1.29, 1.82) is 0 Å². The number of aliphatic hydroxyl groups excluding tert-OH is 1. The molecule has 3 N–H and O–H groups in total. The van der Waals surface area contributed by atoms with Gasteiger partial charge in [0.2, 0.25) is 18.1 Å². The van der Waals surface area contributed by atoms with Crippen LogP contribution in [0, 0.1) is 0 Å². The fourth-order valence-corrected chi connectivity index (χ4v) is 2.99. The number of hydrogen-bond acceptors (Lipinski definition) is 6. The van der Waals surface area contributed by atoms with E-state index in [1.54, 1.807) is 16.7 Å². The topological polar surface area (TPSA) is 119 Å². The van der Waals surface area contributed by atoms with Crippen LogP contribution in [-0.2, 0) is 11.3 Å². The monoisotopic (exact) mass is 389 g/mol. The molecule has 1 aromatic heterocycles. The van der Waals surface area contributed by atoms with E-state index in [0.29, 0.717) is 41.9 Å². The number of hydrogen-bond donors (Lipinski definition) is 3. The number of aliphatic hydroxyl groups is 1. The summed E-state index contributed by atoms with van der Waals surface area (Å²) in [7, 11) is 0. The van der Waals surface area contributed by atoms with E-state index in [1.165, 1.54) is 13.1 Å². The lowest BCUT2D eigenvalue weighted by Gasteiger charge is -2.16. The van der Waals surface area contributed by atoms with Gasteiger partial charge in [0, 0.05) is 32.0 Å². The van der Waals surface area contributed by atoms with Crippen molar-refractivity contribution in [1.82, 2.24) is 15.2 Å². The average Bonchev–Trinajstić information content (AvgIpc) is 3.14. The minimum atomic E-state index is -0.826. The van der Waals surface area contributed by atoms with E-state index in [9.17, 15) is 14.4 Å². The van der Waals surface area contributed by atoms with Crippen LogP contribution in [0.15, 0.2) is 23.1 Å². The van der Waals surface area contributed by atoms with Gasteiger partial charge in [-0.2, -0.15) is 0 Å². The molecule has 1 aliphatic rings. The van der Waals surface area contributed by atoms with Gasteiger partial charge < -0.3 is 29.8 Å². The molecule has 9 nitrogen and oxygen atoms in total. The highest BCUT2D eigenvalue weighted by molar-refractivity contribution is 6.00. The molecule has 1 atom stereocenters. The highest BCUT2D eigenvalue weighted by Crippen LogP contribution is 2.35. The van der Waals surface area contributed by atoms with E-state index in [-0.39, 0.29) is 24.9 Å². The number of rotatable bonds is 7. The zero-order chi connectivity index (χ0) is 20.3. The molecule has 28 heavy (non-hydrogen) atoms. The molecule has 0 saturated carbocycles. The first kappa shape index (κ1) is 19.7. The van der Waals surface area contributed by atoms with E-state index in [1.807, 2.05) is 6.92 Å². The van der Waals surface area contributed by atoms with Gasteiger partial charge in [0.25, 0.3) is 5.91 Å². The number of nitrogens with zero attached hydrogens (tertiary/aromatic N) is 1. The van der Waals surface area contributed by atoms with Crippen LogP contribution in [0.2, 0.25) is 0 Å². The third-order valence-electron chi connectivity index (χ3n) is 4.53. The number of carbonyl (C=O) groups excluding carboxylic acids is 2. The second-order valence-electron chi connectivity index (χ2n) is 6.44. The summed E-state index contributed by atoms with van der Waals surface area (Å²) in [6.45, 7) is 4.32. The molecular formula is C19H23N3O6. The second kappa shape index (κ2) is 8.30. The van der Waals surface area contributed by atoms with E-state index in [2.05, 4.69) is 10.6 Å². The first-order chi connectivity index (χ1) is 13.5. The number of aryl methyl sites for hydroxylation is 1. The van der Waals surface area contributed by atoms with Crippen molar-refractivity contribution in [3.63, 3.8) is 0 Å². The van der Waals surface area contributed by atoms with Gasteiger partial charge in [-0.1, -0.05) is 0 Å². The van der Waals surface area contributed by atoms with Crippen molar-refractivity contribution in [3.8, 4) is 11.5 Å². The fraction of sp³-hybridized carbons (Fsp3) is 0.421. The maximum atomic E-state index is 12.9. The standard InChI is InChI=1S/C19H23N3O6/c1-3-22-9-13(19(26)21-11(2)18(25)20-5-4-6-23)17(24)12-7-15-16(8-14(12)22)28-10-27-15/h7-9,11,23H,3-6,10H2,1-2H3,(H,20,25)(H,21,26)/t11-/m0/s1. The van der Waals surface area contributed by atoms with E-state index >= 15 is 0 Å². The summed E-state index contributed by atoms with van der Waals surface area (Å²) < 4.78 is 12.5. The SMILES string of the molecule is CCn1cc(C(=O)N[C@@H](C)C(=O)NCCCO)c(=O)c2cc3c(cc21)OCO3. The minimum absolute atomic E-state index is 0.0346. The Hall–Kier alpha value is -3.07. The lowest BCUT2D eigenvalue weighted by molar-refractivity contribution is -0.122. The normalized spacial score (nSPS) is 13.4. The Morgan fingerprint density at radius 1 is 1.29 bits per heavy atom. The molecule has 9 heteroatoms. The van der Waals surface area contributed by atoms with E-state index in [4.69, 9.17) is 14.6 Å². The van der Waals surface area contributed by atoms with Crippen molar-refractivity contribution in [2.75, 3.05) is 19.9 Å². The molecule has 0 saturated heterocycles. The number of benzene rings is 1. The molecule has 0 aliphatic carbocycles. The van der Waals surface area contributed by atoms with Crippen LogP contribution < -0.4 is 25.5 Å². The van der Waals surface area contributed by atoms with Crippen LogP contribution in [0.3, 0.4) is 0 Å². The third-order valence-corrected chi connectivity index (χ3v) is 4.53. The van der Waals surface area contributed by atoms with Gasteiger partial charge >= 0.3 is 0 Å². The number of pyridine rings is 1. The number of carbonyl (C=O) groups is 2. The predicted molar refractivity (Wildman–Crippen MR) is 102 cm³/mol. The molecule has 1 aliphatic heterocycles. The van der Waals surface area contributed by atoms with Crippen molar-refractivity contribution < 1.29 is 24.2 Å². The summed E-state index contributed by atoms with van der Waals surface area (Å²) >= 11 is 0. The maximum Gasteiger partial charge on any atom is 0.257 e. The van der Waals surface area contributed by atoms with E-state index in [0.717, 1.165) is 0 Å². The van der Waals surface area contributed by atoms with Gasteiger partial charge in [0.15, 0.2) is 11.5 Å². The summed E-state index contributed by atoms with van der Waals surface area (Å²) in [5.74, 6) is -0.000681. The Kier molecular flexibility index (Phi) is 5.84. The van der Waals surface area contributed by atoms with Gasteiger partial charge in [-0.15, -0.1) is 0 Å². The van der Waals surface area contributed by atoms with Crippen LogP contribution in [0.25, 0.3) is 10.9 Å². The van der Waals surface area contributed by atoms with Crippen molar-refractivity contribution >= 4 is 22.7 Å². The molecule has 0 radical (unpaired) electrons. The predicted octanol–water partition coefficient (Wildman–Crippen LogP) is 0.367. The molecule has 2 amide bonds. The molecule has 1 aromatic carbocycles. The molecule has 0 unspecified atom stereocenters. The third kappa shape index (κ3) is 3.79. The quantitative estimate of drug-likeness (QED) is 0.589. The fourth-order valence-electron chi connectivity index (χ4n) is 2.99. The molecule has 0 spiro atoms. The van der Waals surface area contributed by atoms with Crippen molar-refractivity contribution in [2.45, 2.75) is 32.9 Å². The molecule has 150 valence electrons. The summed E-state index contributed by atoms with van der Waals surface area (Å²) in [5.41, 5.74) is 0.148. The number of amides is 2. The molecular weight excluding hydrogens is 366 g/mol. The molecule has 2 aromatic rings. The number of fused-ring (bicyclic) bond motifs is 2. The number of nitrogens with one attached hydrogen (secondary N) is 2. The van der Waals surface area contributed by atoms with Gasteiger partial charge in [0.1, 0.15) is 11.6 Å². The van der Waals surface area contributed by atoms with Crippen LogP contribution in [0.5, 0.6) is 11.5 Å². The smallest absolute Gasteiger partial charge is 0.257 e. The zero-order valence-electron chi connectivity index (χ0n) is 15.8. The molecule has 0 bridgehead atoms. The van der Waals surface area contributed by atoms with Crippen LogP contribution in [-0.4, -0.2) is 47.5 Å². The maximum absolute atomic E-state index is 12.9.